The van der Waals surface area contributed by atoms with E-state index in [1.807, 2.05) is 13.1 Å². The number of nitrogens with zero attached hydrogens (tertiary/aromatic N) is 2. The maximum Gasteiger partial charge on any atom is 0.193 e. The van der Waals surface area contributed by atoms with Crippen LogP contribution in [0.15, 0.2) is 35.3 Å². The first-order valence-electron chi connectivity index (χ1n) is 9.95. The first-order chi connectivity index (χ1) is 13.2. The summed E-state index contributed by atoms with van der Waals surface area (Å²) in [6.07, 6.45) is 2.98. The maximum atomic E-state index is 5.93. The minimum atomic E-state index is -0.147. The van der Waals surface area contributed by atoms with Gasteiger partial charge in [0, 0.05) is 65.8 Å². The van der Waals surface area contributed by atoms with Gasteiger partial charge in [-0.1, -0.05) is 30.3 Å². The fraction of sp³-hybridized carbons (Fsp3) is 0.667. The number of rotatable bonds is 7. The summed E-state index contributed by atoms with van der Waals surface area (Å²) >= 11 is 0. The van der Waals surface area contributed by atoms with Crippen LogP contribution in [0, 0.1) is 5.92 Å². The first-order valence-corrected chi connectivity index (χ1v) is 9.95. The lowest BCUT2D eigenvalue weighted by molar-refractivity contribution is -0.0857. The molecule has 1 aromatic rings. The molecule has 0 spiro atoms. The molecule has 2 heterocycles. The highest BCUT2D eigenvalue weighted by Crippen LogP contribution is 2.24. The monoisotopic (exact) mass is 375 g/mol. The highest BCUT2D eigenvalue weighted by molar-refractivity contribution is 5.80. The van der Waals surface area contributed by atoms with E-state index in [0.29, 0.717) is 12.5 Å². The highest BCUT2D eigenvalue weighted by atomic mass is 16.5. The van der Waals surface area contributed by atoms with Crippen molar-refractivity contribution in [3.63, 3.8) is 0 Å². The van der Waals surface area contributed by atoms with Crippen LogP contribution in [-0.2, 0) is 20.8 Å². The quantitative estimate of drug-likeness (QED) is 0.585. The molecule has 2 aliphatic heterocycles. The molecule has 2 saturated heterocycles. The lowest BCUT2D eigenvalue weighted by Crippen LogP contribution is -2.51. The summed E-state index contributed by atoms with van der Waals surface area (Å²) in [6.45, 7) is 5.77. The summed E-state index contributed by atoms with van der Waals surface area (Å²) in [4.78, 5) is 6.82. The standard InChI is InChI=1S/C21H33N3O3/c1-22-20(23-17-21(25-2)9-12-26-13-10-21)24-11-8-19(14-24)16-27-15-18-6-4-3-5-7-18/h3-7,19H,8-17H2,1-2H3,(H,22,23). The van der Waals surface area contributed by atoms with Crippen molar-refractivity contribution in [3.05, 3.63) is 35.9 Å². The van der Waals surface area contributed by atoms with Gasteiger partial charge in [0.15, 0.2) is 5.96 Å². The average molecular weight is 376 g/mol. The van der Waals surface area contributed by atoms with Crippen LogP contribution in [0.1, 0.15) is 24.8 Å². The van der Waals surface area contributed by atoms with Gasteiger partial charge in [-0.3, -0.25) is 4.99 Å². The molecule has 1 unspecified atom stereocenters. The smallest absolute Gasteiger partial charge is 0.193 e. The summed E-state index contributed by atoms with van der Waals surface area (Å²) in [5, 5.41) is 3.53. The molecule has 1 aromatic carbocycles. The summed E-state index contributed by atoms with van der Waals surface area (Å²) in [7, 11) is 3.65. The number of nitrogens with one attached hydrogen (secondary N) is 1. The molecule has 1 atom stereocenters. The van der Waals surface area contributed by atoms with Crippen molar-refractivity contribution in [2.75, 3.05) is 53.6 Å². The predicted octanol–water partition coefficient (Wildman–Crippen LogP) is 2.30. The molecule has 0 radical (unpaired) electrons. The van der Waals surface area contributed by atoms with Crippen LogP contribution in [0.3, 0.4) is 0 Å². The van der Waals surface area contributed by atoms with Crippen LogP contribution in [0.25, 0.3) is 0 Å². The molecule has 3 rings (SSSR count). The molecule has 0 aromatic heterocycles. The molecule has 6 nitrogen and oxygen atoms in total. The van der Waals surface area contributed by atoms with Gasteiger partial charge in [-0.25, -0.2) is 0 Å². The fourth-order valence-electron chi connectivity index (χ4n) is 3.85. The van der Waals surface area contributed by atoms with E-state index in [0.717, 1.165) is 64.7 Å². The van der Waals surface area contributed by atoms with Gasteiger partial charge >= 0.3 is 0 Å². The van der Waals surface area contributed by atoms with Gasteiger partial charge in [-0.2, -0.15) is 0 Å². The summed E-state index contributed by atoms with van der Waals surface area (Å²) in [6, 6.07) is 10.3. The Morgan fingerprint density at radius 1 is 1.30 bits per heavy atom. The molecule has 2 aliphatic rings. The highest BCUT2D eigenvalue weighted by Gasteiger charge is 2.33. The Morgan fingerprint density at radius 2 is 2.07 bits per heavy atom. The number of guanidine groups is 1. The van der Waals surface area contributed by atoms with Crippen molar-refractivity contribution < 1.29 is 14.2 Å². The van der Waals surface area contributed by atoms with E-state index in [1.165, 1.54) is 5.56 Å². The molecule has 6 heteroatoms. The van der Waals surface area contributed by atoms with Crippen LogP contribution >= 0.6 is 0 Å². The SMILES string of the molecule is CN=C(NCC1(OC)CCOCC1)N1CCC(COCc2ccccc2)C1. The second kappa shape index (κ2) is 10.1. The molecular formula is C21H33N3O3. The second-order valence-electron chi connectivity index (χ2n) is 7.50. The minimum Gasteiger partial charge on any atom is -0.381 e. The number of hydrogen-bond donors (Lipinski definition) is 1. The fourth-order valence-corrected chi connectivity index (χ4v) is 3.85. The summed E-state index contributed by atoms with van der Waals surface area (Å²) in [5.74, 6) is 1.51. The molecule has 2 fully saturated rings. The van der Waals surface area contributed by atoms with Gasteiger partial charge in [0.05, 0.1) is 18.8 Å². The average Bonchev–Trinajstić information content (AvgIpc) is 3.19. The lowest BCUT2D eigenvalue weighted by atomic mass is 9.94. The van der Waals surface area contributed by atoms with Gasteiger partial charge in [-0.15, -0.1) is 0 Å². The summed E-state index contributed by atoms with van der Waals surface area (Å²) < 4.78 is 17.2. The summed E-state index contributed by atoms with van der Waals surface area (Å²) in [5.41, 5.74) is 1.08. The zero-order chi connectivity index (χ0) is 19.0. The molecule has 0 amide bonds. The Hall–Kier alpha value is -1.63. The Balaban J connectivity index is 1.42. The third-order valence-electron chi connectivity index (χ3n) is 5.67. The normalized spacial score (nSPS) is 22.8. The zero-order valence-corrected chi connectivity index (χ0v) is 16.7. The largest absolute Gasteiger partial charge is 0.381 e. The second-order valence-corrected chi connectivity index (χ2v) is 7.50. The van der Waals surface area contributed by atoms with Crippen molar-refractivity contribution >= 4 is 5.96 Å². The number of aliphatic imine (C=N–C) groups is 1. The molecule has 27 heavy (non-hydrogen) atoms. The van der Waals surface area contributed by atoms with Gasteiger partial charge in [0.2, 0.25) is 0 Å². The van der Waals surface area contributed by atoms with Gasteiger partial charge in [0.25, 0.3) is 0 Å². The van der Waals surface area contributed by atoms with Gasteiger partial charge < -0.3 is 24.4 Å². The Bertz CT molecular complexity index is 588. The van der Waals surface area contributed by atoms with Gasteiger partial charge in [-0.05, 0) is 12.0 Å². The molecule has 1 N–H and O–H groups in total. The zero-order valence-electron chi connectivity index (χ0n) is 16.7. The van der Waals surface area contributed by atoms with E-state index in [1.54, 1.807) is 7.11 Å². The van der Waals surface area contributed by atoms with E-state index < -0.39 is 0 Å². The lowest BCUT2D eigenvalue weighted by Gasteiger charge is -2.37. The Morgan fingerprint density at radius 3 is 2.78 bits per heavy atom. The minimum absolute atomic E-state index is 0.147. The Kier molecular flexibility index (Phi) is 7.50. The number of methoxy groups -OCH3 is 1. The first kappa shape index (κ1) is 20.1. The molecule has 0 bridgehead atoms. The molecule has 0 saturated carbocycles. The van der Waals surface area contributed by atoms with Crippen LogP contribution in [0.5, 0.6) is 0 Å². The number of likely N-dealkylation sites (tertiary alicyclic amines) is 1. The van der Waals surface area contributed by atoms with E-state index in [-0.39, 0.29) is 5.60 Å². The van der Waals surface area contributed by atoms with E-state index in [2.05, 4.69) is 39.5 Å². The van der Waals surface area contributed by atoms with Crippen molar-refractivity contribution in [2.45, 2.75) is 31.5 Å². The van der Waals surface area contributed by atoms with Crippen molar-refractivity contribution in [3.8, 4) is 0 Å². The number of benzene rings is 1. The molecule has 150 valence electrons. The van der Waals surface area contributed by atoms with E-state index in [4.69, 9.17) is 14.2 Å². The van der Waals surface area contributed by atoms with Crippen LogP contribution < -0.4 is 5.32 Å². The topological polar surface area (TPSA) is 55.3 Å². The van der Waals surface area contributed by atoms with Crippen molar-refractivity contribution in [2.24, 2.45) is 10.9 Å². The van der Waals surface area contributed by atoms with E-state index in [9.17, 15) is 0 Å². The molecular weight excluding hydrogens is 342 g/mol. The van der Waals surface area contributed by atoms with Crippen LogP contribution in [-0.4, -0.2) is 70.1 Å². The predicted molar refractivity (Wildman–Crippen MR) is 107 cm³/mol. The van der Waals surface area contributed by atoms with Crippen LogP contribution in [0.4, 0.5) is 0 Å². The maximum absolute atomic E-state index is 5.93. The van der Waals surface area contributed by atoms with Gasteiger partial charge in [0.1, 0.15) is 0 Å². The number of hydrogen-bond acceptors (Lipinski definition) is 4. The van der Waals surface area contributed by atoms with Crippen LogP contribution in [0.2, 0.25) is 0 Å². The third-order valence-corrected chi connectivity index (χ3v) is 5.67. The Labute approximate surface area is 162 Å². The van der Waals surface area contributed by atoms with E-state index >= 15 is 0 Å². The molecule has 0 aliphatic carbocycles. The van der Waals surface area contributed by atoms with Crippen molar-refractivity contribution in [1.29, 1.82) is 0 Å². The number of ether oxygens (including phenoxy) is 3. The van der Waals surface area contributed by atoms with Crippen molar-refractivity contribution in [1.82, 2.24) is 10.2 Å². The third kappa shape index (κ3) is 5.67.